The maximum absolute atomic E-state index is 13.7. The summed E-state index contributed by atoms with van der Waals surface area (Å²) in [7, 11) is 0. The van der Waals surface area contributed by atoms with Gasteiger partial charge in [0.15, 0.2) is 0 Å². The largest absolute Gasteiger partial charge is 0.384 e. The van der Waals surface area contributed by atoms with Crippen LogP contribution in [-0.4, -0.2) is 41.0 Å². The lowest BCUT2D eigenvalue weighted by molar-refractivity contribution is -0.155. The van der Waals surface area contributed by atoms with Crippen molar-refractivity contribution in [2.45, 2.75) is 45.8 Å². The van der Waals surface area contributed by atoms with E-state index in [0.29, 0.717) is 41.2 Å². The third kappa shape index (κ3) is 5.62. The molecule has 1 aliphatic rings. The number of hydrogen-bond donors (Lipinski definition) is 2. The van der Waals surface area contributed by atoms with Crippen LogP contribution >= 0.6 is 11.6 Å². The van der Waals surface area contributed by atoms with Gasteiger partial charge in [-0.2, -0.15) is 0 Å². The fourth-order valence-electron chi connectivity index (χ4n) is 5.21. The molecule has 4 rings (SSSR count). The molecule has 1 aliphatic heterocycles. The van der Waals surface area contributed by atoms with Gasteiger partial charge in [-0.3, -0.25) is 9.59 Å². The second kappa shape index (κ2) is 10.9. The van der Waals surface area contributed by atoms with E-state index in [-0.39, 0.29) is 23.5 Å². The van der Waals surface area contributed by atoms with E-state index in [1.165, 1.54) is 12.1 Å². The highest BCUT2D eigenvalue weighted by Crippen LogP contribution is 2.46. The molecule has 3 aromatic carbocycles. The summed E-state index contributed by atoms with van der Waals surface area (Å²) >= 11 is 6.04. The van der Waals surface area contributed by atoms with E-state index in [9.17, 15) is 19.1 Å². The average molecular weight is 537 g/mol. The van der Waals surface area contributed by atoms with Crippen molar-refractivity contribution < 1.29 is 19.1 Å². The van der Waals surface area contributed by atoms with Crippen LogP contribution in [0.5, 0.6) is 0 Å². The third-order valence-electron chi connectivity index (χ3n) is 7.58. The van der Waals surface area contributed by atoms with Crippen molar-refractivity contribution in [1.82, 2.24) is 10.2 Å². The Morgan fingerprint density at radius 2 is 1.63 bits per heavy atom. The number of piperidine rings is 1. The van der Waals surface area contributed by atoms with Crippen molar-refractivity contribution in [3.05, 3.63) is 94.8 Å². The van der Waals surface area contributed by atoms with Gasteiger partial charge in [-0.1, -0.05) is 75.7 Å². The molecule has 2 atom stereocenters. The van der Waals surface area contributed by atoms with Crippen molar-refractivity contribution in [3.8, 4) is 11.1 Å². The summed E-state index contributed by atoms with van der Waals surface area (Å²) in [4.78, 5) is 28.7. The Labute approximate surface area is 228 Å². The molecule has 0 saturated carbocycles. The van der Waals surface area contributed by atoms with E-state index in [1.807, 2.05) is 45.9 Å². The molecule has 3 aromatic rings. The minimum Gasteiger partial charge on any atom is -0.384 e. The van der Waals surface area contributed by atoms with E-state index >= 15 is 0 Å². The number of benzene rings is 3. The molecular formula is C31H34ClFN2O3. The molecule has 1 heterocycles. The van der Waals surface area contributed by atoms with Gasteiger partial charge in [0.25, 0.3) is 5.91 Å². The summed E-state index contributed by atoms with van der Waals surface area (Å²) in [5.41, 5.74) is 0.776. The smallest absolute Gasteiger partial charge is 0.251 e. The van der Waals surface area contributed by atoms with Gasteiger partial charge in [0.2, 0.25) is 5.91 Å². The lowest BCUT2D eigenvalue weighted by Crippen LogP contribution is -2.60. The van der Waals surface area contributed by atoms with Crippen LogP contribution in [0, 0.1) is 17.2 Å². The normalized spacial score (nSPS) is 19.7. The second-order valence-corrected chi connectivity index (χ2v) is 11.5. The summed E-state index contributed by atoms with van der Waals surface area (Å²) in [5.74, 6) is -1.06. The SMILES string of the molecule is CC(C)[C@@H](NC(=O)c1cccc(-c2cccc(F)c2)c1)C(=O)N1CC[C@](O)(c2ccc(Cl)cc2)C(C)(C)C1. The minimum atomic E-state index is -1.12. The van der Waals surface area contributed by atoms with Gasteiger partial charge in [0.05, 0.1) is 5.60 Å². The van der Waals surface area contributed by atoms with Crippen LogP contribution in [0.2, 0.25) is 5.02 Å². The van der Waals surface area contributed by atoms with Gasteiger partial charge < -0.3 is 15.3 Å². The predicted molar refractivity (Wildman–Crippen MR) is 148 cm³/mol. The van der Waals surface area contributed by atoms with Crippen LogP contribution in [0.4, 0.5) is 4.39 Å². The molecule has 0 aromatic heterocycles. The Balaban J connectivity index is 1.50. The number of hydrogen-bond acceptors (Lipinski definition) is 3. The van der Waals surface area contributed by atoms with E-state index in [1.54, 1.807) is 47.4 Å². The number of nitrogens with zero attached hydrogens (tertiary/aromatic N) is 1. The first-order valence-corrected chi connectivity index (χ1v) is 13.2. The van der Waals surface area contributed by atoms with Gasteiger partial charge in [-0.05, 0) is 65.4 Å². The van der Waals surface area contributed by atoms with E-state index < -0.39 is 17.1 Å². The van der Waals surface area contributed by atoms with Gasteiger partial charge in [0, 0.05) is 29.1 Å². The molecule has 0 unspecified atom stereocenters. The molecule has 5 nitrogen and oxygen atoms in total. The standard InChI is InChI=1S/C31H34ClFN2O3/c1-20(2)27(34-28(36)23-9-5-7-21(17-23)22-8-6-10-26(33)18-22)29(37)35-16-15-31(38,30(3,4)19-35)24-11-13-25(32)14-12-24/h5-14,17-18,20,27,38H,15-16,19H2,1-4H3,(H,34,36)/t27-,31+/m1/s1. The maximum Gasteiger partial charge on any atom is 0.251 e. The Hall–Kier alpha value is -3.22. The summed E-state index contributed by atoms with van der Waals surface area (Å²) in [6.07, 6.45) is 0.363. The van der Waals surface area contributed by atoms with Gasteiger partial charge in [-0.15, -0.1) is 0 Å². The molecule has 0 bridgehead atoms. The molecule has 38 heavy (non-hydrogen) atoms. The number of rotatable bonds is 6. The van der Waals surface area contributed by atoms with Crippen molar-refractivity contribution in [1.29, 1.82) is 0 Å². The lowest BCUT2D eigenvalue weighted by atomic mass is 9.66. The first-order valence-electron chi connectivity index (χ1n) is 12.9. The van der Waals surface area contributed by atoms with Crippen molar-refractivity contribution in [2.24, 2.45) is 11.3 Å². The topological polar surface area (TPSA) is 69.6 Å². The third-order valence-corrected chi connectivity index (χ3v) is 7.84. The maximum atomic E-state index is 13.7. The Morgan fingerprint density at radius 1 is 1.00 bits per heavy atom. The Kier molecular flexibility index (Phi) is 7.96. The van der Waals surface area contributed by atoms with Crippen LogP contribution < -0.4 is 5.32 Å². The number of nitrogens with one attached hydrogen (secondary N) is 1. The molecule has 2 amide bonds. The molecule has 0 radical (unpaired) electrons. The highest BCUT2D eigenvalue weighted by molar-refractivity contribution is 6.30. The first kappa shape index (κ1) is 27.8. The predicted octanol–water partition coefficient (Wildman–Crippen LogP) is 6.05. The number of halogens is 2. The van der Waals surface area contributed by atoms with Crippen LogP contribution in [-0.2, 0) is 10.4 Å². The zero-order valence-electron chi connectivity index (χ0n) is 22.2. The number of likely N-dealkylation sites (tertiary alicyclic amines) is 1. The van der Waals surface area contributed by atoms with Crippen molar-refractivity contribution in [2.75, 3.05) is 13.1 Å². The van der Waals surface area contributed by atoms with Gasteiger partial charge in [0.1, 0.15) is 11.9 Å². The summed E-state index contributed by atoms with van der Waals surface area (Å²) in [5, 5.41) is 15.2. The van der Waals surface area contributed by atoms with Crippen molar-refractivity contribution in [3.63, 3.8) is 0 Å². The summed E-state index contributed by atoms with van der Waals surface area (Å²) < 4.78 is 13.7. The van der Waals surface area contributed by atoms with Crippen molar-refractivity contribution >= 4 is 23.4 Å². The molecule has 2 N–H and O–H groups in total. The quantitative estimate of drug-likeness (QED) is 0.403. The molecule has 1 fully saturated rings. The number of carbonyl (C=O) groups excluding carboxylic acids is 2. The van der Waals surface area contributed by atoms with Gasteiger partial charge in [-0.25, -0.2) is 4.39 Å². The first-order chi connectivity index (χ1) is 17.9. The van der Waals surface area contributed by atoms with E-state index in [2.05, 4.69) is 5.32 Å². The Bertz CT molecular complexity index is 1320. The zero-order valence-corrected chi connectivity index (χ0v) is 22.9. The van der Waals surface area contributed by atoms with Crippen LogP contribution in [0.15, 0.2) is 72.8 Å². The van der Waals surface area contributed by atoms with E-state index in [4.69, 9.17) is 11.6 Å². The minimum absolute atomic E-state index is 0.155. The summed E-state index contributed by atoms with van der Waals surface area (Å²) in [6, 6.07) is 19.6. The average Bonchev–Trinajstić information content (AvgIpc) is 2.88. The highest BCUT2D eigenvalue weighted by Gasteiger charge is 2.50. The van der Waals surface area contributed by atoms with Crippen LogP contribution in [0.1, 0.15) is 50.0 Å². The monoisotopic (exact) mass is 536 g/mol. The van der Waals surface area contributed by atoms with E-state index in [0.717, 1.165) is 5.56 Å². The molecular weight excluding hydrogens is 503 g/mol. The molecule has 7 heteroatoms. The molecule has 0 aliphatic carbocycles. The zero-order chi connectivity index (χ0) is 27.7. The number of carbonyl (C=O) groups is 2. The fraction of sp³-hybridized carbons (Fsp3) is 0.355. The lowest BCUT2D eigenvalue weighted by Gasteiger charge is -2.51. The molecule has 0 spiro atoms. The van der Waals surface area contributed by atoms with Crippen LogP contribution in [0.25, 0.3) is 11.1 Å². The second-order valence-electron chi connectivity index (χ2n) is 11.0. The molecule has 200 valence electrons. The summed E-state index contributed by atoms with van der Waals surface area (Å²) in [6.45, 7) is 8.37. The van der Waals surface area contributed by atoms with Crippen LogP contribution in [0.3, 0.4) is 0 Å². The number of amides is 2. The fourth-order valence-corrected chi connectivity index (χ4v) is 5.34. The van der Waals surface area contributed by atoms with Gasteiger partial charge >= 0.3 is 0 Å². The Morgan fingerprint density at radius 3 is 2.24 bits per heavy atom. The number of aliphatic hydroxyl groups is 1. The molecule has 1 saturated heterocycles. The highest BCUT2D eigenvalue weighted by atomic mass is 35.5.